The van der Waals surface area contributed by atoms with Gasteiger partial charge in [-0.25, -0.2) is 4.39 Å². The predicted molar refractivity (Wildman–Crippen MR) is 43.2 cm³/mol. The second kappa shape index (κ2) is 4.29. The van der Waals surface area contributed by atoms with Gasteiger partial charge in [0.15, 0.2) is 0 Å². The van der Waals surface area contributed by atoms with Crippen LogP contribution in [0.5, 0.6) is 0 Å². The van der Waals surface area contributed by atoms with Gasteiger partial charge in [-0.1, -0.05) is 24.3 Å². The van der Waals surface area contributed by atoms with E-state index in [1.807, 2.05) is 24.3 Å². The van der Waals surface area contributed by atoms with Crippen molar-refractivity contribution in [1.29, 1.82) is 0 Å². The van der Waals surface area contributed by atoms with E-state index in [-0.39, 0.29) is 12.5 Å². The number of hydrogen-bond acceptors (Lipinski definition) is 1. The molecule has 0 spiro atoms. The van der Waals surface area contributed by atoms with E-state index in [0.29, 0.717) is 0 Å². The number of ether oxygens (including phenoxy) is 1. The van der Waals surface area contributed by atoms with Gasteiger partial charge in [0.05, 0.1) is 6.61 Å². The Labute approximate surface area is 66.6 Å². The molecule has 62 valence electrons. The summed E-state index contributed by atoms with van der Waals surface area (Å²) in [7, 11) is 1.52. The van der Waals surface area contributed by atoms with Crippen LogP contribution in [0.15, 0.2) is 24.3 Å². The van der Waals surface area contributed by atoms with Gasteiger partial charge < -0.3 is 4.74 Å². The molecule has 1 aliphatic carbocycles. The fraction of sp³-hybridized carbons (Fsp3) is 0.556. The molecule has 0 N–H and O–H groups in total. The molecule has 0 radical (unpaired) electrons. The van der Waals surface area contributed by atoms with E-state index >= 15 is 0 Å². The quantitative estimate of drug-likeness (QED) is 0.608. The number of halogens is 1. The molecule has 0 aliphatic heterocycles. The number of alkyl halides is 1. The Morgan fingerprint density at radius 2 is 2.45 bits per heavy atom. The van der Waals surface area contributed by atoms with Crippen molar-refractivity contribution in [3.63, 3.8) is 0 Å². The summed E-state index contributed by atoms with van der Waals surface area (Å²) in [4.78, 5) is 0. The third kappa shape index (κ3) is 2.46. The Bertz CT molecular complexity index is 163. The summed E-state index contributed by atoms with van der Waals surface area (Å²) in [5.74, 6) is 0.0138. The van der Waals surface area contributed by atoms with E-state index in [0.717, 1.165) is 6.42 Å². The van der Waals surface area contributed by atoms with E-state index in [2.05, 4.69) is 0 Å². The van der Waals surface area contributed by atoms with Gasteiger partial charge in [-0.05, 0) is 6.42 Å². The molecule has 1 rings (SSSR count). The molecule has 0 bridgehead atoms. The largest absolute Gasteiger partial charge is 0.382 e. The molecule has 1 aliphatic rings. The first-order valence-electron chi connectivity index (χ1n) is 3.81. The van der Waals surface area contributed by atoms with Crippen molar-refractivity contribution in [3.8, 4) is 0 Å². The molecule has 11 heavy (non-hydrogen) atoms. The summed E-state index contributed by atoms with van der Waals surface area (Å²) in [5, 5.41) is 0. The average molecular weight is 156 g/mol. The molecule has 2 heteroatoms. The highest BCUT2D eigenvalue weighted by Crippen LogP contribution is 2.18. The van der Waals surface area contributed by atoms with Crippen LogP contribution in [0.2, 0.25) is 0 Å². The highest BCUT2D eigenvalue weighted by Gasteiger charge is 2.17. The van der Waals surface area contributed by atoms with Crippen LogP contribution in [0.25, 0.3) is 0 Å². The topological polar surface area (TPSA) is 9.23 Å². The van der Waals surface area contributed by atoms with Gasteiger partial charge in [0.25, 0.3) is 0 Å². The minimum atomic E-state index is -0.860. The van der Waals surface area contributed by atoms with Crippen molar-refractivity contribution < 1.29 is 9.13 Å². The Morgan fingerprint density at radius 3 is 3.00 bits per heavy atom. The minimum absolute atomic E-state index is 0.0138. The second-order valence-electron chi connectivity index (χ2n) is 2.68. The molecule has 0 aromatic heterocycles. The van der Waals surface area contributed by atoms with E-state index in [1.165, 1.54) is 7.11 Å². The molecule has 2 atom stereocenters. The first kappa shape index (κ1) is 8.47. The highest BCUT2D eigenvalue weighted by atomic mass is 19.1. The molecule has 1 nitrogen and oxygen atoms in total. The van der Waals surface area contributed by atoms with Gasteiger partial charge in [-0.2, -0.15) is 0 Å². The molecular formula is C9H13FO. The van der Waals surface area contributed by atoms with Crippen LogP contribution in [0.1, 0.15) is 6.42 Å². The third-order valence-electron chi connectivity index (χ3n) is 1.80. The minimum Gasteiger partial charge on any atom is -0.382 e. The molecule has 0 saturated carbocycles. The van der Waals surface area contributed by atoms with Crippen LogP contribution in [0, 0.1) is 5.92 Å². The van der Waals surface area contributed by atoms with E-state index in [9.17, 15) is 4.39 Å². The maximum absolute atomic E-state index is 13.1. The number of allylic oxidation sites excluding steroid dienone is 4. The van der Waals surface area contributed by atoms with Crippen molar-refractivity contribution in [2.45, 2.75) is 12.6 Å². The summed E-state index contributed by atoms with van der Waals surface area (Å²) < 4.78 is 17.8. The molecule has 2 unspecified atom stereocenters. The average Bonchev–Trinajstić information content (AvgIpc) is 2.07. The van der Waals surface area contributed by atoms with E-state index in [4.69, 9.17) is 4.74 Å². The maximum Gasteiger partial charge on any atom is 0.130 e. The van der Waals surface area contributed by atoms with Crippen molar-refractivity contribution in [3.05, 3.63) is 24.3 Å². The lowest BCUT2D eigenvalue weighted by Gasteiger charge is -2.16. The van der Waals surface area contributed by atoms with Crippen molar-refractivity contribution in [2.75, 3.05) is 13.7 Å². The summed E-state index contributed by atoms with van der Waals surface area (Å²) in [6.07, 6.45) is 7.63. The Kier molecular flexibility index (Phi) is 3.30. The van der Waals surface area contributed by atoms with Crippen molar-refractivity contribution >= 4 is 0 Å². The lowest BCUT2D eigenvalue weighted by molar-refractivity contribution is 0.101. The molecule has 0 aromatic carbocycles. The van der Waals surface area contributed by atoms with E-state index < -0.39 is 6.17 Å². The Balaban J connectivity index is 2.35. The Hall–Kier alpha value is -0.630. The van der Waals surface area contributed by atoms with Gasteiger partial charge in [0, 0.05) is 13.0 Å². The summed E-state index contributed by atoms with van der Waals surface area (Å²) in [6, 6.07) is 0. The zero-order valence-corrected chi connectivity index (χ0v) is 6.66. The standard InChI is InChI=1S/C9H13FO/c1-11-7-9(10)8-5-3-2-4-6-8/h2-5,8-9H,6-7H2,1H3. The van der Waals surface area contributed by atoms with Crippen LogP contribution in [-0.4, -0.2) is 19.9 Å². The second-order valence-corrected chi connectivity index (χ2v) is 2.68. The zero-order valence-electron chi connectivity index (χ0n) is 6.66. The molecule has 0 fully saturated rings. The van der Waals surface area contributed by atoms with Gasteiger partial charge >= 0.3 is 0 Å². The first-order valence-corrected chi connectivity index (χ1v) is 3.81. The van der Waals surface area contributed by atoms with Crippen LogP contribution in [0.4, 0.5) is 4.39 Å². The molecule has 0 aromatic rings. The SMILES string of the molecule is COCC(F)C1C=CC=CC1. The Morgan fingerprint density at radius 1 is 1.64 bits per heavy atom. The van der Waals surface area contributed by atoms with Crippen molar-refractivity contribution in [1.82, 2.24) is 0 Å². The van der Waals surface area contributed by atoms with Gasteiger partial charge in [0.1, 0.15) is 6.17 Å². The van der Waals surface area contributed by atoms with Crippen LogP contribution >= 0.6 is 0 Å². The third-order valence-corrected chi connectivity index (χ3v) is 1.80. The van der Waals surface area contributed by atoms with Gasteiger partial charge in [0.2, 0.25) is 0 Å². The van der Waals surface area contributed by atoms with Gasteiger partial charge in [-0.3, -0.25) is 0 Å². The predicted octanol–water partition coefficient (Wildman–Crippen LogP) is 2.10. The molecule has 0 heterocycles. The fourth-order valence-electron chi connectivity index (χ4n) is 1.15. The number of rotatable bonds is 3. The summed E-state index contributed by atoms with van der Waals surface area (Å²) in [6.45, 7) is 0.197. The first-order chi connectivity index (χ1) is 5.34. The lowest BCUT2D eigenvalue weighted by Crippen LogP contribution is -2.19. The smallest absolute Gasteiger partial charge is 0.130 e. The fourth-order valence-corrected chi connectivity index (χ4v) is 1.15. The lowest BCUT2D eigenvalue weighted by atomic mass is 9.96. The van der Waals surface area contributed by atoms with Crippen LogP contribution in [0.3, 0.4) is 0 Å². The highest BCUT2D eigenvalue weighted by molar-refractivity contribution is 5.12. The normalized spacial score (nSPS) is 25.5. The number of hydrogen-bond donors (Lipinski definition) is 0. The van der Waals surface area contributed by atoms with Gasteiger partial charge in [-0.15, -0.1) is 0 Å². The van der Waals surface area contributed by atoms with E-state index in [1.54, 1.807) is 0 Å². The maximum atomic E-state index is 13.1. The van der Waals surface area contributed by atoms with Crippen LogP contribution < -0.4 is 0 Å². The van der Waals surface area contributed by atoms with Crippen LogP contribution in [-0.2, 0) is 4.74 Å². The molecular weight excluding hydrogens is 143 g/mol. The monoisotopic (exact) mass is 156 g/mol. The molecule has 0 saturated heterocycles. The summed E-state index contributed by atoms with van der Waals surface area (Å²) >= 11 is 0. The van der Waals surface area contributed by atoms with Crippen molar-refractivity contribution in [2.24, 2.45) is 5.92 Å². The zero-order chi connectivity index (χ0) is 8.10. The number of methoxy groups -OCH3 is 1. The molecule has 0 amide bonds. The summed E-state index contributed by atoms with van der Waals surface area (Å²) in [5.41, 5.74) is 0.